The fourth-order valence-electron chi connectivity index (χ4n) is 5.03. The van der Waals surface area contributed by atoms with E-state index in [4.69, 9.17) is 4.74 Å². The molecule has 0 spiro atoms. The summed E-state index contributed by atoms with van der Waals surface area (Å²) in [7, 11) is 1.56. The predicted octanol–water partition coefficient (Wildman–Crippen LogP) is 1.27. The van der Waals surface area contributed by atoms with Gasteiger partial charge in [-0.15, -0.1) is 0 Å². The lowest BCUT2D eigenvalue weighted by Crippen LogP contribution is -2.47. The normalized spacial score (nSPS) is 20.5. The van der Waals surface area contributed by atoms with Crippen molar-refractivity contribution in [3.8, 4) is 11.4 Å². The number of rotatable bonds is 4. The molecule has 10 heteroatoms. The Kier molecular flexibility index (Phi) is 5.52. The number of aliphatic hydroxyl groups excluding tert-OH is 2. The van der Waals surface area contributed by atoms with Crippen molar-refractivity contribution in [1.29, 1.82) is 0 Å². The van der Waals surface area contributed by atoms with Gasteiger partial charge in [0.25, 0.3) is 5.56 Å². The lowest BCUT2D eigenvalue weighted by molar-refractivity contribution is -0.236. The topological polar surface area (TPSA) is 125 Å². The van der Waals surface area contributed by atoms with Gasteiger partial charge in [0.1, 0.15) is 18.0 Å². The third-order valence-electron chi connectivity index (χ3n) is 7.20. The number of ether oxygens (including phenoxy) is 1. The molecule has 2 atom stereocenters. The van der Waals surface area contributed by atoms with Crippen LogP contribution in [0.15, 0.2) is 23.0 Å². The Balaban J connectivity index is 1.79. The minimum atomic E-state index is -1.76. The lowest BCUT2D eigenvalue weighted by atomic mass is 9.85. The minimum Gasteiger partial charge on any atom is -0.387 e. The van der Waals surface area contributed by atoms with Gasteiger partial charge in [-0.2, -0.15) is 0 Å². The summed E-state index contributed by atoms with van der Waals surface area (Å²) >= 11 is 0. The van der Waals surface area contributed by atoms with E-state index in [2.05, 4.69) is 4.98 Å². The number of amides is 1. The maximum absolute atomic E-state index is 14.5. The van der Waals surface area contributed by atoms with E-state index >= 15 is 0 Å². The summed E-state index contributed by atoms with van der Waals surface area (Å²) in [5, 5.41) is 31.4. The van der Waals surface area contributed by atoms with Crippen LogP contribution in [0.2, 0.25) is 0 Å². The van der Waals surface area contributed by atoms with Crippen LogP contribution in [0.4, 0.5) is 4.39 Å². The number of aryl methyl sites for hydroxylation is 1. The summed E-state index contributed by atoms with van der Waals surface area (Å²) in [5.74, 6) is -0.915. The number of hydrogen-bond acceptors (Lipinski definition) is 7. The monoisotopic (exact) mass is 483 g/mol. The number of benzene rings is 1. The molecule has 0 radical (unpaired) electrons. The number of aromatic nitrogens is 2. The molecule has 2 aliphatic heterocycles. The van der Waals surface area contributed by atoms with Crippen LogP contribution in [-0.2, 0) is 34.8 Å². The van der Waals surface area contributed by atoms with Crippen LogP contribution >= 0.6 is 0 Å². The van der Waals surface area contributed by atoms with E-state index in [0.717, 1.165) is 0 Å². The molecule has 0 bridgehead atoms. The second-order valence-electron chi connectivity index (χ2n) is 9.20. The van der Waals surface area contributed by atoms with Gasteiger partial charge in [0.05, 0.1) is 30.1 Å². The zero-order chi connectivity index (χ0) is 25.2. The zero-order valence-electron chi connectivity index (χ0n) is 19.6. The predicted molar refractivity (Wildman–Crippen MR) is 124 cm³/mol. The highest BCUT2D eigenvalue weighted by molar-refractivity contribution is 5.89. The van der Waals surface area contributed by atoms with Crippen molar-refractivity contribution in [2.45, 2.75) is 51.9 Å². The molecule has 0 saturated carbocycles. The van der Waals surface area contributed by atoms with E-state index in [1.165, 1.54) is 15.5 Å². The van der Waals surface area contributed by atoms with Gasteiger partial charge in [-0.25, -0.2) is 9.37 Å². The van der Waals surface area contributed by atoms with Gasteiger partial charge in [-0.3, -0.25) is 9.59 Å². The largest absolute Gasteiger partial charge is 0.387 e. The molecule has 184 valence electrons. The highest BCUT2D eigenvalue weighted by Crippen LogP contribution is 2.41. The number of carbonyl (C=O) groups is 1. The zero-order valence-corrected chi connectivity index (χ0v) is 19.6. The summed E-state index contributed by atoms with van der Waals surface area (Å²) in [6, 6.07) is 4.64. The van der Waals surface area contributed by atoms with Crippen LogP contribution in [0.1, 0.15) is 41.2 Å². The average molecular weight is 483 g/mol. The first-order valence-corrected chi connectivity index (χ1v) is 11.4. The minimum absolute atomic E-state index is 0.117. The van der Waals surface area contributed by atoms with E-state index in [-0.39, 0.29) is 42.8 Å². The van der Waals surface area contributed by atoms with E-state index in [0.29, 0.717) is 39.0 Å². The van der Waals surface area contributed by atoms with Crippen molar-refractivity contribution < 1.29 is 29.2 Å². The van der Waals surface area contributed by atoms with Crippen molar-refractivity contribution in [2.24, 2.45) is 0 Å². The number of halogens is 1. The van der Waals surface area contributed by atoms with Gasteiger partial charge in [-0.05, 0) is 36.6 Å². The molecule has 1 unspecified atom stereocenters. The second-order valence-corrected chi connectivity index (χ2v) is 9.20. The Bertz CT molecular complexity index is 1450. The van der Waals surface area contributed by atoms with Crippen molar-refractivity contribution in [1.82, 2.24) is 14.5 Å². The number of nitrogens with zero attached hydrogens (tertiary/aromatic N) is 3. The maximum atomic E-state index is 14.5. The lowest BCUT2D eigenvalue weighted by Gasteiger charge is -2.37. The molecule has 3 N–H and O–H groups in total. The molecule has 0 aliphatic carbocycles. The van der Waals surface area contributed by atoms with Gasteiger partial charge in [0.15, 0.2) is 6.29 Å². The summed E-state index contributed by atoms with van der Waals surface area (Å²) in [6.45, 7) is 2.81. The molecule has 5 rings (SSSR count). The number of likely N-dealkylation sites (N-methyl/N-ethyl adjacent to an activating group) is 1. The number of pyridine rings is 2. The Morgan fingerprint density at radius 2 is 2.09 bits per heavy atom. The van der Waals surface area contributed by atoms with E-state index in [1.807, 2.05) is 0 Å². The molecule has 0 saturated heterocycles. The van der Waals surface area contributed by atoms with Crippen LogP contribution in [0.5, 0.6) is 0 Å². The molecular weight excluding hydrogens is 457 g/mol. The average Bonchev–Trinajstić information content (AvgIpc) is 3.21. The van der Waals surface area contributed by atoms with Gasteiger partial charge >= 0.3 is 0 Å². The maximum Gasteiger partial charge on any atom is 0.257 e. The van der Waals surface area contributed by atoms with Crippen LogP contribution < -0.4 is 5.56 Å². The highest BCUT2D eigenvalue weighted by Gasteiger charge is 2.44. The Hall–Kier alpha value is -3.18. The van der Waals surface area contributed by atoms with Gasteiger partial charge < -0.3 is 29.5 Å². The molecule has 1 aromatic carbocycles. The SMILES string of the molecule is CC[C@]1(O)c2cc3n(c(=O)c2COC1O)Cc1c-3nc2cc(F)c(C)cc2c1CN(C)C(=O)CO. The number of fused-ring (bicyclic) bond motifs is 5. The van der Waals surface area contributed by atoms with E-state index < -0.39 is 30.2 Å². The first-order chi connectivity index (χ1) is 16.6. The molecule has 2 aromatic heterocycles. The van der Waals surface area contributed by atoms with Gasteiger partial charge in [0, 0.05) is 41.7 Å². The van der Waals surface area contributed by atoms with Crippen molar-refractivity contribution in [2.75, 3.05) is 13.7 Å². The van der Waals surface area contributed by atoms with Crippen molar-refractivity contribution >= 4 is 16.8 Å². The van der Waals surface area contributed by atoms with Crippen LogP contribution in [0.25, 0.3) is 22.3 Å². The van der Waals surface area contributed by atoms with Crippen LogP contribution in [0.3, 0.4) is 0 Å². The quantitative estimate of drug-likeness (QED) is 0.399. The Labute approximate surface area is 200 Å². The smallest absolute Gasteiger partial charge is 0.257 e. The van der Waals surface area contributed by atoms with Gasteiger partial charge in [-0.1, -0.05) is 6.92 Å². The highest BCUT2D eigenvalue weighted by atomic mass is 19.1. The fraction of sp³-hybridized carbons (Fsp3) is 0.400. The number of aliphatic hydroxyl groups is 3. The van der Waals surface area contributed by atoms with Crippen molar-refractivity contribution in [3.63, 3.8) is 0 Å². The third-order valence-corrected chi connectivity index (χ3v) is 7.20. The second kappa shape index (κ2) is 8.20. The van der Waals surface area contributed by atoms with Crippen molar-refractivity contribution in [3.05, 3.63) is 62.2 Å². The van der Waals surface area contributed by atoms with Crippen LogP contribution in [-0.4, -0.2) is 55.6 Å². The molecule has 2 aliphatic rings. The molecule has 3 aromatic rings. The molecule has 4 heterocycles. The molecule has 1 amide bonds. The molecule has 0 fully saturated rings. The molecule has 35 heavy (non-hydrogen) atoms. The third kappa shape index (κ3) is 3.40. The Morgan fingerprint density at radius 3 is 2.77 bits per heavy atom. The van der Waals surface area contributed by atoms with Crippen LogP contribution in [0, 0.1) is 12.7 Å². The Morgan fingerprint density at radius 1 is 1.34 bits per heavy atom. The summed E-state index contributed by atoms with van der Waals surface area (Å²) in [4.78, 5) is 31.7. The summed E-state index contributed by atoms with van der Waals surface area (Å²) in [6.07, 6.45) is -1.37. The van der Waals surface area contributed by atoms with E-state index in [1.54, 1.807) is 33.0 Å². The summed E-state index contributed by atoms with van der Waals surface area (Å²) in [5.41, 5.74) is 1.46. The fourth-order valence-corrected chi connectivity index (χ4v) is 5.03. The number of hydrogen-bond donors (Lipinski definition) is 3. The molecular formula is C25H26FN3O6. The van der Waals surface area contributed by atoms with Gasteiger partial charge in [0.2, 0.25) is 5.91 Å². The first-order valence-electron chi connectivity index (χ1n) is 11.4. The number of carbonyl (C=O) groups excluding carboxylic acids is 1. The summed E-state index contributed by atoms with van der Waals surface area (Å²) < 4.78 is 21.3. The first kappa shape index (κ1) is 23.6. The van der Waals surface area contributed by atoms with E-state index in [9.17, 15) is 29.3 Å². The molecule has 9 nitrogen and oxygen atoms in total. The standard InChI is InChI=1S/C25H26FN3O6/c1-4-25(34)17-6-20-22-15(9-29(20)23(32)16(17)11-35-24(25)33)14(8-28(3)21(31)10-30)13-5-12(2)18(26)7-19(13)27-22/h5-7,24,30,33-34H,4,8-11H2,1-3H3/t24?,25-/m0/s1.